The molecular weight excluding hydrogens is 357 g/mol. The Hall–Kier alpha value is -2.21. The van der Waals surface area contributed by atoms with Crippen molar-refractivity contribution >= 4 is 0 Å². The summed E-state index contributed by atoms with van der Waals surface area (Å²) in [7, 11) is 0. The van der Waals surface area contributed by atoms with Crippen molar-refractivity contribution in [3.8, 4) is 11.6 Å². The van der Waals surface area contributed by atoms with Gasteiger partial charge in [-0.3, -0.25) is 4.98 Å². The second-order valence-corrected chi connectivity index (χ2v) is 8.34. The number of likely N-dealkylation sites (tertiary alicyclic amines) is 1. The Kier molecular flexibility index (Phi) is 6.83. The Labute approximate surface area is 166 Å². The van der Waals surface area contributed by atoms with Crippen molar-refractivity contribution in [2.75, 3.05) is 26.2 Å². The first kappa shape index (κ1) is 20.5. The van der Waals surface area contributed by atoms with Gasteiger partial charge in [-0.2, -0.15) is 0 Å². The molecular formula is C22H30FN3O2. The molecule has 1 aliphatic rings. The van der Waals surface area contributed by atoms with Crippen molar-refractivity contribution in [1.29, 1.82) is 0 Å². The first-order valence-electron chi connectivity index (χ1n) is 9.99. The van der Waals surface area contributed by atoms with Gasteiger partial charge in [-0.05, 0) is 64.8 Å². The van der Waals surface area contributed by atoms with Gasteiger partial charge in [0.15, 0.2) is 11.6 Å². The fourth-order valence-electron chi connectivity index (χ4n) is 3.29. The van der Waals surface area contributed by atoms with Crippen LogP contribution in [0.5, 0.6) is 11.6 Å². The average molecular weight is 387 g/mol. The van der Waals surface area contributed by atoms with E-state index < -0.39 is 0 Å². The molecule has 0 saturated carbocycles. The molecule has 3 rings (SSSR count). The molecule has 0 atom stereocenters. The monoisotopic (exact) mass is 387 g/mol. The van der Waals surface area contributed by atoms with Crippen molar-refractivity contribution in [1.82, 2.24) is 14.9 Å². The fourth-order valence-corrected chi connectivity index (χ4v) is 3.29. The molecule has 0 N–H and O–H groups in total. The normalized spacial score (nSPS) is 16.1. The van der Waals surface area contributed by atoms with Crippen LogP contribution in [-0.4, -0.2) is 46.7 Å². The lowest BCUT2D eigenvalue weighted by Gasteiger charge is -2.31. The number of benzene rings is 1. The molecule has 1 aromatic heterocycles. The highest BCUT2D eigenvalue weighted by Gasteiger charge is 2.20. The largest absolute Gasteiger partial charge is 0.490 e. The molecule has 6 heteroatoms. The SMILES string of the molecule is CC(C)(C)Oc1cncc(CCN2CCC(COc3ccccc3F)CC2)n1. The van der Waals surface area contributed by atoms with Crippen LogP contribution in [0.25, 0.3) is 0 Å². The topological polar surface area (TPSA) is 47.5 Å². The van der Waals surface area contributed by atoms with E-state index in [9.17, 15) is 4.39 Å². The molecule has 1 aromatic carbocycles. The average Bonchev–Trinajstić information content (AvgIpc) is 2.65. The third-order valence-corrected chi connectivity index (χ3v) is 4.78. The smallest absolute Gasteiger partial charge is 0.233 e. The molecule has 0 amide bonds. The van der Waals surface area contributed by atoms with E-state index >= 15 is 0 Å². The summed E-state index contributed by atoms with van der Waals surface area (Å²) in [6.07, 6.45) is 6.45. The second kappa shape index (κ2) is 9.32. The first-order chi connectivity index (χ1) is 13.4. The molecule has 2 heterocycles. The Balaban J connectivity index is 1.40. The van der Waals surface area contributed by atoms with Gasteiger partial charge in [0, 0.05) is 19.2 Å². The van der Waals surface area contributed by atoms with E-state index in [1.165, 1.54) is 6.07 Å². The van der Waals surface area contributed by atoms with E-state index in [1.807, 2.05) is 27.0 Å². The zero-order chi connectivity index (χ0) is 20.0. The van der Waals surface area contributed by atoms with E-state index in [1.54, 1.807) is 24.4 Å². The summed E-state index contributed by atoms with van der Waals surface area (Å²) in [5, 5.41) is 0. The molecule has 1 saturated heterocycles. The maximum absolute atomic E-state index is 13.6. The van der Waals surface area contributed by atoms with Crippen molar-refractivity contribution in [3.05, 3.63) is 48.2 Å². The number of para-hydroxylation sites is 1. The highest BCUT2D eigenvalue weighted by atomic mass is 19.1. The molecule has 0 aliphatic carbocycles. The summed E-state index contributed by atoms with van der Waals surface area (Å²) in [5.74, 6) is 1.10. The number of halogens is 1. The molecule has 5 nitrogen and oxygen atoms in total. The van der Waals surface area contributed by atoms with E-state index in [4.69, 9.17) is 9.47 Å². The van der Waals surface area contributed by atoms with Gasteiger partial charge >= 0.3 is 0 Å². The van der Waals surface area contributed by atoms with Crippen LogP contribution >= 0.6 is 0 Å². The van der Waals surface area contributed by atoms with Crippen LogP contribution in [0.3, 0.4) is 0 Å². The van der Waals surface area contributed by atoms with E-state index in [2.05, 4.69) is 14.9 Å². The number of hydrogen-bond acceptors (Lipinski definition) is 5. The minimum atomic E-state index is -0.293. The molecule has 0 spiro atoms. The molecule has 0 bridgehead atoms. The predicted molar refractivity (Wildman–Crippen MR) is 107 cm³/mol. The number of aromatic nitrogens is 2. The molecule has 28 heavy (non-hydrogen) atoms. The molecule has 152 valence electrons. The van der Waals surface area contributed by atoms with E-state index in [0.29, 0.717) is 24.2 Å². The summed E-state index contributed by atoms with van der Waals surface area (Å²) in [6.45, 7) is 9.58. The number of rotatable bonds is 7. The standard InChI is InChI=1S/C22H30FN3O2/c1-22(2,3)28-21-15-24-14-18(25-21)10-13-26-11-8-17(9-12-26)16-27-20-7-5-4-6-19(20)23/h4-7,14-15,17H,8-13,16H2,1-3H3. The Bertz CT molecular complexity index is 755. The van der Waals surface area contributed by atoms with Crippen LogP contribution in [0, 0.1) is 11.7 Å². The lowest BCUT2D eigenvalue weighted by Crippen LogP contribution is -2.36. The van der Waals surface area contributed by atoms with Gasteiger partial charge in [0.2, 0.25) is 5.88 Å². The second-order valence-electron chi connectivity index (χ2n) is 8.34. The van der Waals surface area contributed by atoms with E-state index in [-0.39, 0.29) is 11.4 Å². The van der Waals surface area contributed by atoms with Gasteiger partial charge in [0.05, 0.1) is 18.5 Å². The summed E-state index contributed by atoms with van der Waals surface area (Å²) in [6, 6.07) is 6.59. The van der Waals surface area contributed by atoms with Gasteiger partial charge in [-0.25, -0.2) is 9.37 Å². The van der Waals surface area contributed by atoms with Crippen LogP contribution in [-0.2, 0) is 6.42 Å². The maximum atomic E-state index is 13.6. The van der Waals surface area contributed by atoms with Gasteiger partial charge in [0.1, 0.15) is 5.60 Å². The third-order valence-electron chi connectivity index (χ3n) is 4.78. The van der Waals surface area contributed by atoms with Crippen LogP contribution in [0.4, 0.5) is 4.39 Å². The van der Waals surface area contributed by atoms with E-state index in [0.717, 1.165) is 44.6 Å². The number of piperidine rings is 1. The van der Waals surface area contributed by atoms with Crippen molar-refractivity contribution in [2.45, 2.75) is 45.6 Å². The van der Waals surface area contributed by atoms with Gasteiger partial charge in [-0.1, -0.05) is 12.1 Å². The highest BCUT2D eigenvalue weighted by Crippen LogP contribution is 2.21. The minimum absolute atomic E-state index is 0.278. The third kappa shape index (κ3) is 6.44. The molecule has 1 fully saturated rings. The molecule has 0 radical (unpaired) electrons. The summed E-state index contributed by atoms with van der Waals surface area (Å²) >= 11 is 0. The lowest BCUT2D eigenvalue weighted by molar-refractivity contribution is 0.122. The summed E-state index contributed by atoms with van der Waals surface area (Å²) in [5.41, 5.74) is 0.673. The van der Waals surface area contributed by atoms with Gasteiger partial charge in [0.25, 0.3) is 0 Å². The zero-order valence-corrected chi connectivity index (χ0v) is 17.0. The Morgan fingerprint density at radius 2 is 1.89 bits per heavy atom. The fraction of sp³-hybridized carbons (Fsp3) is 0.545. The Morgan fingerprint density at radius 1 is 1.14 bits per heavy atom. The number of ether oxygens (including phenoxy) is 2. The van der Waals surface area contributed by atoms with Crippen molar-refractivity contribution in [3.63, 3.8) is 0 Å². The summed E-state index contributed by atoms with van der Waals surface area (Å²) < 4.78 is 25.1. The molecule has 0 unspecified atom stereocenters. The van der Waals surface area contributed by atoms with Crippen molar-refractivity contribution < 1.29 is 13.9 Å². The molecule has 1 aliphatic heterocycles. The predicted octanol–water partition coefficient (Wildman–Crippen LogP) is 4.13. The highest BCUT2D eigenvalue weighted by molar-refractivity contribution is 5.23. The quantitative estimate of drug-likeness (QED) is 0.715. The number of nitrogens with zero attached hydrogens (tertiary/aromatic N) is 3. The van der Waals surface area contributed by atoms with Gasteiger partial charge < -0.3 is 14.4 Å². The van der Waals surface area contributed by atoms with Crippen LogP contribution < -0.4 is 9.47 Å². The minimum Gasteiger partial charge on any atom is -0.490 e. The van der Waals surface area contributed by atoms with Gasteiger partial charge in [-0.15, -0.1) is 0 Å². The zero-order valence-electron chi connectivity index (χ0n) is 17.0. The van der Waals surface area contributed by atoms with Crippen LogP contribution in [0.2, 0.25) is 0 Å². The van der Waals surface area contributed by atoms with Crippen LogP contribution in [0.15, 0.2) is 36.7 Å². The summed E-state index contributed by atoms with van der Waals surface area (Å²) in [4.78, 5) is 11.3. The number of hydrogen-bond donors (Lipinski definition) is 0. The van der Waals surface area contributed by atoms with Crippen molar-refractivity contribution in [2.24, 2.45) is 5.92 Å². The maximum Gasteiger partial charge on any atom is 0.233 e. The first-order valence-corrected chi connectivity index (χ1v) is 9.99. The lowest BCUT2D eigenvalue weighted by atomic mass is 9.97. The van der Waals surface area contributed by atoms with Crippen LogP contribution in [0.1, 0.15) is 39.3 Å². The molecule has 2 aromatic rings. The Morgan fingerprint density at radius 3 is 2.61 bits per heavy atom.